The summed E-state index contributed by atoms with van der Waals surface area (Å²) in [7, 11) is 0. The van der Waals surface area contributed by atoms with Crippen LogP contribution in [0.15, 0.2) is 0 Å². The highest BCUT2D eigenvalue weighted by Crippen LogP contribution is 2.49. The van der Waals surface area contributed by atoms with Gasteiger partial charge in [-0.2, -0.15) is 0 Å². The molecule has 0 radical (unpaired) electrons. The molecule has 0 amide bonds. The van der Waals surface area contributed by atoms with Crippen molar-refractivity contribution in [2.45, 2.75) is 60.3 Å². The summed E-state index contributed by atoms with van der Waals surface area (Å²) in [6.07, 6.45) is 5.68. The molecule has 0 saturated heterocycles. The molecule has 1 aliphatic rings. The van der Waals surface area contributed by atoms with Gasteiger partial charge in [0.15, 0.2) is 0 Å². The maximum absolute atomic E-state index is 3.74. The Morgan fingerprint density at radius 1 is 1.20 bits per heavy atom. The van der Waals surface area contributed by atoms with Gasteiger partial charge >= 0.3 is 0 Å². The van der Waals surface area contributed by atoms with Crippen LogP contribution >= 0.6 is 15.9 Å². The monoisotopic (exact) mass is 274 g/mol. The third-order valence-corrected chi connectivity index (χ3v) is 5.81. The third-order valence-electron chi connectivity index (χ3n) is 4.70. The van der Waals surface area contributed by atoms with Crippen LogP contribution in [0.5, 0.6) is 0 Å². The second kappa shape index (κ2) is 4.77. The molecule has 0 atom stereocenters. The number of hydrogen-bond donors (Lipinski definition) is 0. The molecule has 0 aromatic heterocycles. The van der Waals surface area contributed by atoms with E-state index in [2.05, 4.69) is 50.5 Å². The maximum Gasteiger partial charge on any atom is 0.00904 e. The van der Waals surface area contributed by atoms with Gasteiger partial charge in [0.05, 0.1) is 0 Å². The summed E-state index contributed by atoms with van der Waals surface area (Å²) in [4.78, 5) is 0. The van der Waals surface area contributed by atoms with Gasteiger partial charge in [0.2, 0.25) is 0 Å². The summed E-state index contributed by atoms with van der Waals surface area (Å²) in [5, 5.41) is 1.19. The van der Waals surface area contributed by atoms with Gasteiger partial charge in [-0.05, 0) is 48.3 Å². The molecule has 0 unspecified atom stereocenters. The van der Waals surface area contributed by atoms with Crippen LogP contribution in [0, 0.1) is 22.7 Å². The minimum Gasteiger partial charge on any atom is -0.0922 e. The molecule has 90 valence electrons. The standard InChI is InChI=1S/C14H27Br/c1-11(2)14(10-15)8-6-12(7-9-14)13(3,4)5/h11-12H,6-10H2,1-5H3. The summed E-state index contributed by atoms with van der Waals surface area (Å²) in [6, 6.07) is 0. The number of hydrogen-bond acceptors (Lipinski definition) is 0. The largest absolute Gasteiger partial charge is 0.0922 e. The Morgan fingerprint density at radius 2 is 1.67 bits per heavy atom. The van der Waals surface area contributed by atoms with Gasteiger partial charge in [-0.15, -0.1) is 0 Å². The molecule has 1 aliphatic carbocycles. The van der Waals surface area contributed by atoms with Gasteiger partial charge in [0.25, 0.3) is 0 Å². The Hall–Kier alpha value is 0.480. The second-order valence-corrected chi connectivity index (χ2v) is 7.35. The van der Waals surface area contributed by atoms with Crippen LogP contribution in [0.25, 0.3) is 0 Å². The fourth-order valence-electron chi connectivity index (χ4n) is 2.92. The molecule has 0 bridgehead atoms. The molecule has 0 spiro atoms. The van der Waals surface area contributed by atoms with Crippen molar-refractivity contribution in [1.82, 2.24) is 0 Å². The van der Waals surface area contributed by atoms with E-state index in [1.54, 1.807) is 0 Å². The zero-order chi connectivity index (χ0) is 11.7. The van der Waals surface area contributed by atoms with Gasteiger partial charge in [0.1, 0.15) is 0 Å². The predicted molar refractivity (Wildman–Crippen MR) is 72.5 cm³/mol. The van der Waals surface area contributed by atoms with Crippen molar-refractivity contribution in [1.29, 1.82) is 0 Å². The minimum absolute atomic E-state index is 0.509. The summed E-state index contributed by atoms with van der Waals surface area (Å²) in [5.74, 6) is 1.75. The van der Waals surface area contributed by atoms with Crippen molar-refractivity contribution in [2.75, 3.05) is 5.33 Å². The van der Waals surface area contributed by atoms with Crippen LogP contribution in [0.4, 0.5) is 0 Å². The van der Waals surface area contributed by atoms with E-state index in [4.69, 9.17) is 0 Å². The van der Waals surface area contributed by atoms with Crippen LogP contribution < -0.4 is 0 Å². The van der Waals surface area contributed by atoms with E-state index in [0.717, 1.165) is 11.8 Å². The Labute approximate surface area is 104 Å². The molecule has 0 aromatic rings. The van der Waals surface area contributed by atoms with Crippen molar-refractivity contribution < 1.29 is 0 Å². The van der Waals surface area contributed by atoms with Gasteiger partial charge in [-0.3, -0.25) is 0 Å². The van der Waals surface area contributed by atoms with Crippen molar-refractivity contribution in [2.24, 2.45) is 22.7 Å². The van der Waals surface area contributed by atoms with E-state index in [9.17, 15) is 0 Å². The van der Waals surface area contributed by atoms with E-state index in [1.165, 1.54) is 31.0 Å². The molecular weight excluding hydrogens is 248 g/mol. The minimum atomic E-state index is 0.509. The first-order valence-electron chi connectivity index (χ1n) is 6.38. The smallest absolute Gasteiger partial charge is 0.00904 e. The highest BCUT2D eigenvalue weighted by Gasteiger charge is 2.39. The molecule has 1 heteroatoms. The first-order chi connectivity index (χ1) is 6.82. The first-order valence-corrected chi connectivity index (χ1v) is 7.50. The quantitative estimate of drug-likeness (QED) is 0.603. The fourth-order valence-corrected chi connectivity index (χ4v) is 4.13. The molecule has 0 heterocycles. The van der Waals surface area contributed by atoms with Gasteiger partial charge < -0.3 is 0 Å². The van der Waals surface area contributed by atoms with Crippen molar-refractivity contribution >= 4 is 15.9 Å². The van der Waals surface area contributed by atoms with E-state index in [1.807, 2.05) is 0 Å². The zero-order valence-corrected chi connectivity index (χ0v) is 12.7. The van der Waals surface area contributed by atoms with Crippen molar-refractivity contribution in [3.05, 3.63) is 0 Å². The maximum atomic E-state index is 3.74. The third kappa shape index (κ3) is 2.99. The lowest BCUT2D eigenvalue weighted by molar-refractivity contribution is 0.0710. The lowest BCUT2D eigenvalue weighted by Crippen LogP contribution is -2.37. The van der Waals surface area contributed by atoms with Crippen LogP contribution in [0.2, 0.25) is 0 Å². The first kappa shape index (κ1) is 13.5. The van der Waals surface area contributed by atoms with Crippen LogP contribution in [0.3, 0.4) is 0 Å². The lowest BCUT2D eigenvalue weighted by atomic mass is 9.61. The topological polar surface area (TPSA) is 0 Å². The highest BCUT2D eigenvalue weighted by molar-refractivity contribution is 9.09. The molecule has 0 aromatic carbocycles. The van der Waals surface area contributed by atoms with Crippen molar-refractivity contribution in [3.8, 4) is 0 Å². The Balaban J connectivity index is 2.61. The van der Waals surface area contributed by atoms with Gasteiger partial charge in [0, 0.05) is 5.33 Å². The van der Waals surface area contributed by atoms with Gasteiger partial charge in [-0.25, -0.2) is 0 Å². The summed E-state index contributed by atoms with van der Waals surface area (Å²) < 4.78 is 0. The van der Waals surface area contributed by atoms with Gasteiger partial charge in [-0.1, -0.05) is 50.5 Å². The van der Waals surface area contributed by atoms with E-state index in [0.29, 0.717) is 10.8 Å². The molecule has 15 heavy (non-hydrogen) atoms. The number of halogens is 1. The summed E-state index contributed by atoms with van der Waals surface area (Å²) in [5.41, 5.74) is 1.09. The number of rotatable bonds is 2. The molecule has 0 aliphatic heterocycles. The molecular formula is C14H27Br. The zero-order valence-electron chi connectivity index (χ0n) is 11.1. The van der Waals surface area contributed by atoms with Crippen LogP contribution in [-0.4, -0.2) is 5.33 Å². The van der Waals surface area contributed by atoms with E-state index in [-0.39, 0.29) is 0 Å². The average molecular weight is 275 g/mol. The summed E-state index contributed by atoms with van der Waals surface area (Å²) in [6.45, 7) is 12.0. The molecule has 1 saturated carbocycles. The molecule has 1 fully saturated rings. The Morgan fingerprint density at radius 3 is 1.93 bits per heavy atom. The lowest BCUT2D eigenvalue weighted by Gasteiger charge is -2.45. The normalized spacial score (nSPS) is 33.4. The van der Waals surface area contributed by atoms with Crippen molar-refractivity contribution in [3.63, 3.8) is 0 Å². The molecule has 0 N–H and O–H groups in total. The Kier molecular flexibility index (Phi) is 4.31. The Bertz CT molecular complexity index is 192. The van der Waals surface area contributed by atoms with E-state index >= 15 is 0 Å². The number of alkyl halides is 1. The predicted octanol–water partition coefficient (Wildman–Crippen LogP) is 5.26. The summed E-state index contributed by atoms with van der Waals surface area (Å²) >= 11 is 3.74. The highest BCUT2D eigenvalue weighted by atomic mass is 79.9. The molecule has 1 rings (SSSR count). The van der Waals surface area contributed by atoms with Crippen LogP contribution in [0.1, 0.15) is 60.3 Å². The fraction of sp³-hybridized carbons (Fsp3) is 1.00. The molecule has 0 nitrogen and oxygen atoms in total. The van der Waals surface area contributed by atoms with Crippen LogP contribution in [-0.2, 0) is 0 Å². The SMILES string of the molecule is CC(C)C1(CBr)CCC(C(C)(C)C)CC1. The second-order valence-electron chi connectivity index (χ2n) is 6.79. The average Bonchev–Trinajstić information content (AvgIpc) is 2.16. The van der Waals surface area contributed by atoms with E-state index < -0.39 is 0 Å².